The Balaban J connectivity index is 1.25. The molecule has 4 aromatic heterocycles. The molecular formula is C31H30FN9O3. The zero-order chi connectivity index (χ0) is 30.4. The van der Waals surface area contributed by atoms with Crippen LogP contribution in [0.15, 0.2) is 49.1 Å². The lowest BCUT2D eigenvalue weighted by Crippen LogP contribution is -2.46. The summed E-state index contributed by atoms with van der Waals surface area (Å²) in [6.45, 7) is 3.07. The van der Waals surface area contributed by atoms with Gasteiger partial charge in [0.25, 0.3) is 5.91 Å². The van der Waals surface area contributed by atoms with Gasteiger partial charge in [-0.2, -0.15) is 9.61 Å². The topological polar surface area (TPSA) is 143 Å². The number of rotatable bonds is 6. The first kappa shape index (κ1) is 27.6. The van der Waals surface area contributed by atoms with E-state index in [4.69, 9.17) is 9.72 Å². The number of pyridine rings is 1. The summed E-state index contributed by atoms with van der Waals surface area (Å²) in [5.41, 5.74) is 4.71. The number of ketones is 1. The Labute approximate surface area is 251 Å². The van der Waals surface area contributed by atoms with Gasteiger partial charge in [0.05, 0.1) is 30.3 Å². The number of aromatic nitrogens is 7. The van der Waals surface area contributed by atoms with E-state index in [2.05, 4.69) is 37.5 Å². The third kappa shape index (κ3) is 4.64. The largest absolute Gasteiger partial charge is 0.494 e. The lowest BCUT2D eigenvalue weighted by molar-refractivity contribution is 0.0570. The number of halogens is 1. The van der Waals surface area contributed by atoms with Crippen molar-refractivity contribution in [2.24, 2.45) is 0 Å². The number of anilines is 1. The van der Waals surface area contributed by atoms with Gasteiger partial charge in [-0.3, -0.25) is 14.6 Å². The maximum absolute atomic E-state index is 14.3. The van der Waals surface area contributed by atoms with Crippen molar-refractivity contribution in [1.29, 1.82) is 0 Å². The van der Waals surface area contributed by atoms with E-state index < -0.39 is 5.82 Å². The van der Waals surface area contributed by atoms with Gasteiger partial charge in [0.2, 0.25) is 5.82 Å². The number of benzene rings is 1. The van der Waals surface area contributed by atoms with Gasteiger partial charge in [0.1, 0.15) is 12.1 Å². The SMILES string of the molecule is CCC1CC(c2nc3c(-c4ccc(-c5ccc(OC)c(F)c5)nc4)cnn3c3c2C(=O)CCN3)CCN1C(=O)c1nnc[nH]1. The number of likely N-dealkylation sites (tertiary alicyclic amines) is 1. The first-order chi connectivity index (χ1) is 21.5. The molecule has 1 aromatic carbocycles. The second-order valence-corrected chi connectivity index (χ2v) is 11.0. The molecule has 2 unspecified atom stereocenters. The molecule has 0 aliphatic carbocycles. The number of carbonyl (C=O) groups is 2. The van der Waals surface area contributed by atoms with Crippen LogP contribution in [0.2, 0.25) is 0 Å². The van der Waals surface area contributed by atoms with Crippen molar-refractivity contribution >= 4 is 23.2 Å². The van der Waals surface area contributed by atoms with Crippen LogP contribution >= 0.6 is 0 Å². The summed E-state index contributed by atoms with van der Waals surface area (Å²) < 4.78 is 21.0. The van der Waals surface area contributed by atoms with Crippen molar-refractivity contribution in [2.45, 2.75) is 44.6 Å². The molecule has 6 heterocycles. The van der Waals surface area contributed by atoms with Crippen LogP contribution in [0.1, 0.15) is 65.2 Å². The Morgan fingerprint density at radius 1 is 1.18 bits per heavy atom. The summed E-state index contributed by atoms with van der Waals surface area (Å²) in [6, 6.07) is 8.42. The Hall–Kier alpha value is -5.20. The van der Waals surface area contributed by atoms with Crippen LogP contribution in [0.3, 0.4) is 0 Å². The number of carbonyl (C=O) groups excluding carboxylic acids is 2. The summed E-state index contributed by atoms with van der Waals surface area (Å²) in [7, 11) is 1.43. The van der Waals surface area contributed by atoms with Gasteiger partial charge in [-0.15, -0.1) is 10.2 Å². The minimum absolute atomic E-state index is 0.0328. The van der Waals surface area contributed by atoms with Gasteiger partial charge >= 0.3 is 0 Å². The molecule has 0 bridgehead atoms. The summed E-state index contributed by atoms with van der Waals surface area (Å²) in [4.78, 5) is 40.8. The van der Waals surface area contributed by atoms with Crippen molar-refractivity contribution in [3.63, 3.8) is 0 Å². The number of Topliss-reactive ketones (excluding diaryl/α,β-unsaturated/α-hetero) is 1. The number of aromatic amines is 1. The lowest BCUT2D eigenvalue weighted by Gasteiger charge is -2.39. The summed E-state index contributed by atoms with van der Waals surface area (Å²) in [5, 5.41) is 15.7. The number of H-pyrrole nitrogens is 1. The number of amides is 1. The molecule has 1 amide bonds. The maximum atomic E-state index is 14.3. The molecule has 7 rings (SSSR count). The lowest BCUT2D eigenvalue weighted by atomic mass is 9.83. The summed E-state index contributed by atoms with van der Waals surface area (Å²) >= 11 is 0. The quantitative estimate of drug-likeness (QED) is 0.290. The molecule has 2 atom stereocenters. The fraction of sp³-hybridized carbons (Fsp3) is 0.323. The third-order valence-corrected chi connectivity index (χ3v) is 8.57. The number of hydrogen-bond donors (Lipinski definition) is 2. The number of ether oxygens (including phenoxy) is 1. The van der Waals surface area contributed by atoms with Crippen LogP contribution in [0.4, 0.5) is 10.2 Å². The molecule has 2 aliphatic heterocycles. The molecule has 2 aliphatic rings. The van der Waals surface area contributed by atoms with Gasteiger partial charge in [-0.1, -0.05) is 13.0 Å². The van der Waals surface area contributed by atoms with Gasteiger partial charge in [0, 0.05) is 54.4 Å². The number of methoxy groups -OCH3 is 1. The minimum Gasteiger partial charge on any atom is -0.494 e. The van der Waals surface area contributed by atoms with E-state index in [0.717, 1.165) is 23.2 Å². The van der Waals surface area contributed by atoms with E-state index in [-0.39, 0.29) is 35.2 Å². The zero-order valence-corrected chi connectivity index (χ0v) is 24.2. The first-order valence-corrected chi connectivity index (χ1v) is 14.6. The number of nitrogens with one attached hydrogen (secondary N) is 2. The molecule has 1 fully saturated rings. The molecule has 1 saturated heterocycles. The maximum Gasteiger partial charge on any atom is 0.291 e. The fourth-order valence-electron chi connectivity index (χ4n) is 6.32. The van der Waals surface area contributed by atoms with E-state index in [9.17, 15) is 14.0 Å². The average Bonchev–Trinajstić information content (AvgIpc) is 3.75. The average molecular weight is 596 g/mol. The Morgan fingerprint density at radius 2 is 2.05 bits per heavy atom. The highest BCUT2D eigenvalue weighted by atomic mass is 19.1. The van der Waals surface area contributed by atoms with Gasteiger partial charge in [-0.05, 0) is 43.5 Å². The van der Waals surface area contributed by atoms with Gasteiger partial charge < -0.3 is 19.9 Å². The summed E-state index contributed by atoms with van der Waals surface area (Å²) in [5.74, 6) is 0.396. The predicted molar refractivity (Wildman–Crippen MR) is 159 cm³/mol. The van der Waals surface area contributed by atoms with Crippen LogP contribution in [0.5, 0.6) is 5.75 Å². The molecule has 13 heteroatoms. The molecule has 0 radical (unpaired) electrons. The normalized spacial score (nSPS) is 18.2. The Bertz CT molecular complexity index is 1870. The molecule has 224 valence electrons. The van der Waals surface area contributed by atoms with E-state index in [1.165, 1.54) is 19.5 Å². The van der Waals surface area contributed by atoms with Crippen molar-refractivity contribution in [3.8, 4) is 28.1 Å². The second-order valence-electron chi connectivity index (χ2n) is 11.0. The van der Waals surface area contributed by atoms with Crippen LogP contribution in [-0.4, -0.2) is 77.6 Å². The van der Waals surface area contributed by atoms with E-state index in [1.54, 1.807) is 29.0 Å². The monoisotopic (exact) mass is 595 g/mol. The molecule has 2 N–H and O–H groups in total. The van der Waals surface area contributed by atoms with Gasteiger partial charge in [-0.25, -0.2) is 9.37 Å². The fourth-order valence-corrected chi connectivity index (χ4v) is 6.32. The minimum atomic E-state index is -0.458. The number of hydrogen-bond acceptors (Lipinski definition) is 9. The first-order valence-electron chi connectivity index (χ1n) is 14.6. The van der Waals surface area contributed by atoms with Crippen molar-refractivity contribution in [2.75, 3.05) is 25.5 Å². The molecule has 0 spiro atoms. The molecule has 12 nitrogen and oxygen atoms in total. The summed E-state index contributed by atoms with van der Waals surface area (Å²) in [6.07, 6.45) is 7.28. The zero-order valence-electron chi connectivity index (χ0n) is 24.2. The van der Waals surface area contributed by atoms with E-state index in [0.29, 0.717) is 60.6 Å². The van der Waals surface area contributed by atoms with Crippen molar-refractivity contribution < 1.29 is 18.7 Å². The van der Waals surface area contributed by atoms with Crippen LogP contribution < -0.4 is 10.1 Å². The molecule has 5 aromatic rings. The van der Waals surface area contributed by atoms with Gasteiger partial charge in [0.15, 0.2) is 23.0 Å². The Kier molecular flexibility index (Phi) is 6.99. The molecular weight excluding hydrogens is 565 g/mol. The predicted octanol–water partition coefficient (Wildman–Crippen LogP) is 4.52. The van der Waals surface area contributed by atoms with Crippen LogP contribution in [0.25, 0.3) is 28.0 Å². The standard InChI is InChI=1S/C31H30FN9O3/c1-3-20-12-18(9-11-40(20)31(43)28-35-16-36-39-28)27-26-24(42)8-10-33-30(26)41-29(38-27)21(15-37-41)19-4-6-23(34-14-19)17-5-7-25(44-2)22(32)13-17/h4-7,13-16,18,20,33H,3,8-12H2,1-2H3,(H,35,36,39). The van der Waals surface area contributed by atoms with Crippen molar-refractivity contribution in [1.82, 2.24) is 39.7 Å². The number of fused-ring (bicyclic) bond motifs is 3. The highest BCUT2D eigenvalue weighted by Crippen LogP contribution is 2.39. The van der Waals surface area contributed by atoms with E-state index in [1.807, 2.05) is 17.0 Å². The number of nitrogens with zero attached hydrogens (tertiary/aromatic N) is 7. The van der Waals surface area contributed by atoms with Crippen LogP contribution in [0, 0.1) is 5.82 Å². The molecule has 0 saturated carbocycles. The second kappa shape index (κ2) is 11.1. The smallest absolute Gasteiger partial charge is 0.291 e. The highest BCUT2D eigenvalue weighted by molar-refractivity contribution is 6.04. The third-order valence-electron chi connectivity index (χ3n) is 8.57. The highest BCUT2D eigenvalue weighted by Gasteiger charge is 2.37. The molecule has 44 heavy (non-hydrogen) atoms. The Morgan fingerprint density at radius 3 is 2.77 bits per heavy atom. The van der Waals surface area contributed by atoms with Crippen LogP contribution in [-0.2, 0) is 0 Å². The van der Waals surface area contributed by atoms with E-state index >= 15 is 0 Å². The number of piperidine rings is 1. The van der Waals surface area contributed by atoms with Crippen molar-refractivity contribution in [3.05, 3.63) is 72.0 Å².